The van der Waals surface area contributed by atoms with Gasteiger partial charge in [0, 0.05) is 0 Å². The second kappa shape index (κ2) is 6.06. The second-order valence-corrected chi connectivity index (χ2v) is 5.50. The first-order valence-electron chi connectivity index (χ1n) is 6.33. The van der Waals surface area contributed by atoms with E-state index in [1.54, 1.807) is 0 Å². The van der Waals surface area contributed by atoms with Crippen LogP contribution in [0.2, 0.25) is 0 Å². The molecule has 0 fully saturated rings. The SMILES string of the molecule is CCOc1cccc(CCC(O)C(C)(C)C)c1. The topological polar surface area (TPSA) is 29.5 Å². The summed E-state index contributed by atoms with van der Waals surface area (Å²) < 4.78 is 5.46. The van der Waals surface area contributed by atoms with Crippen LogP contribution >= 0.6 is 0 Å². The monoisotopic (exact) mass is 236 g/mol. The third-order valence-corrected chi connectivity index (χ3v) is 2.92. The van der Waals surface area contributed by atoms with Gasteiger partial charge in [-0.2, -0.15) is 0 Å². The van der Waals surface area contributed by atoms with E-state index in [0.29, 0.717) is 6.61 Å². The molecule has 1 N–H and O–H groups in total. The maximum atomic E-state index is 9.99. The zero-order chi connectivity index (χ0) is 12.9. The van der Waals surface area contributed by atoms with E-state index in [2.05, 4.69) is 32.9 Å². The van der Waals surface area contributed by atoms with Crippen LogP contribution in [0.3, 0.4) is 0 Å². The van der Waals surface area contributed by atoms with Crippen LogP contribution in [0.1, 0.15) is 39.7 Å². The average Bonchev–Trinajstić information content (AvgIpc) is 2.25. The molecule has 0 aromatic heterocycles. The van der Waals surface area contributed by atoms with E-state index in [9.17, 15) is 5.11 Å². The first-order chi connectivity index (χ1) is 7.93. The Morgan fingerprint density at radius 1 is 1.29 bits per heavy atom. The zero-order valence-electron chi connectivity index (χ0n) is 11.4. The van der Waals surface area contributed by atoms with Crippen molar-refractivity contribution in [3.05, 3.63) is 29.8 Å². The standard InChI is InChI=1S/C15H24O2/c1-5-17-13-8-6-7-12(11-13)9-10-14(16)15(2,3)4/h6-8,11,14,16H,5,9-10H2,1-4H3. The largest absolute Gasteiger partial charge is 0.494 e. The minimum absolute atomic E-state index is 0.0441. The van der Waals surface area contributed by atoms with Gasteiger partial charge in [-0.05, 0) is 42.9 Å². The first-order valence-corrected chi connectivity index (χ1v) is 6.33. The Bertz CT molecular complexity index is 339. The van der Waals surface area contributed by atoms with Crippen molar-refractivity contribution in [3.8, 4) is 5.75 Å². The lowest BCUT2D eigenvalue weighted by Gasteiger charge is -2.25. The molecular weight excluding hydrogens is 212 g/mol. The fraction of sp³-hybridized carbons (Fsp3) is 0.600. The van der Waals surface area contributed by atoms with Crippen molar-refractivity contribution in [2.75, 3.05) is 6.61 Å². The molecule has 1 aromatic carbocycles. The lowest BCUT2D eigenvalue weighted by Crippen LogP contribution is -2.26. The molecule has 0 aliphatic rings. The molecule has 1 rings (SSSR count). The Labute approximate surface area is 105 Å². The van der Waals surface area contributed by atoms with Crippen LogP contribution in [-0.4, -0.2) is 17.8 Å². The third kappa shape index (κ3) is 4.78. The minimum Gasteiger partial charge on any atom is -0.494 e. The van der Waals surface area contributed by atoms with Gasteiger partial charge in [0.05, 0.1) is 12.7 Å². The summed E-state index contributed by atoms with van der Waals surface area (Å²) in [4.78, 5) is 0. The molecule has 17 heavy (non-hydrogen) atoms. The number of benzene rings is 1. The van der Waals surface area contributed by atoms with Gasteiger partial charge >= 0.3 is 0 Å². The van der Waals surface area contributed by atoms with Crippen molar-refractivity contribution < 1.29 is 9.84 Å². The highest BCUT2D eigenvalue weighted by Crippen LogP contribution is 2.23. The van der Waals surface area contributed by atoms with E-state index < -0.39 is 0 Å². The molecule has 0 aliphatic carbocycles. The molecule has 0 radical (unpaired) electrons. The predicted molar refractivity (Wildman–Crippen MR) is 71.4 cm³/mol. The summed E-state index contributed by atoms with van der Waals surface area (Å²) in [6.07, 6.45) is 1.41. The Morgan fingerprint density at radius 3 is 2.59 bits per heavy atom. The molecule has 0 heterocycles. The Hall–Kier alpha value is -1.02. The van der Waals surface area contributed by atoms with Gasteiger partial charge in [0.1, 0.15) is 5.75 Å². The first kappa shape index (κ1) is 14.0. The van der Waals surface area contributed by atoms with Gasteiger partial charge in [0.2, 0.25) is 0 Å². The zero-order valence-corrected chi connectivity index (χ0v) is 11.4. The van der Waals surface area contributed by atoms with Crippen molar-refractivity contribution in [2.45, 2.75) is 46.6 Å². The van der Waals surface area contributed by atoms with Crippen LogP contribution in [0.15, 0.2) is 24.3 Å². The molecule has 0 aliphatic heterocycles. The lowest BCUT2D eigenvalue weighted by molar-refractivity contribution is 0.0560. The van der Waals surface area contributed by atoms with E-state index in [-0.39, 0.29) is 11.5 Å². The summed E-state index contributed by atoms with van der Waals surface area (Å²) in [5.41, 5.74) is 1.18. The van der Waals surface area contributed by atoms with Crippen LogP contribution in [0.5, 0.6) is 5.75 Å². The molecule has 0 bridgehead atoms. The number of hydrogen-bond acceptors (Lipinski definition) is 2. The summed E-state index contributed by atoms with van der Waals surface area (Å²) in [5, 5.41) is 9.99. The molecule has 1 aromatic rings. The van der Waals surface area contributed by atoms with Gasteiger partial charge in [-0.3, -0.25) is 0 Å². The molecular formula is C15H24O2. The summed E-state index contributed by atoms with van der Waals surface area (Å²) in [5.74, 6) is 0.912. The van der Waals surface area contributed by atoms with Crippen LogP contribution in [-0.2, 0) is 6.42 Å². The van der Waals surface area contributed by atoms with Crippen LogP contribution in [0.25, 0.3) is 0 Å². The van der Waals surface area contributed by atoms with Crippen molar-refractivity contribution in [3.63, 3.8) is 0 Å². The number of aliphatic hydroxyl groups excluding tert-OH is 1. The molecule has 2 nitrogen and oxygen atoms in total. The minimum atomic E-state index is -0.266. The van der Waals surface area contributed by atoms with Gasteiger partial charge in [0.25, 0.3) is 0 Å². The number of hydrogen-bond donors (Lipinski definition) is 1. The van der Waals surface area contributed by atoms with E-state index in [0.717, 1.165) is 18.6 Å². The highest BCUT2D eigenvalue weighted by atomic mass is 16.5. The van der Waals surface area contributed by atoms with Crippen molar-refractivity contribution in [2.24, 2.45) is 5.41 Å². The number of ether oxygens (including phenoxy) is 1. The number of rotatable bonds is 5. The fourth-order valence-electron chi connectivity index (χ4n) is 1.69. The highest BCUT2D eigenvalue weighted by Gasteiger charge is 2.21. The quantitative estimate of drug-likeness (QED) is 0.848. The molecule has 0 saturated carbocycles. The van der Waals surface area contributed by atoms with E-state index in [4.69, 9.17) is 4.74 Å². The molecule has 1 atom stereocenters. The summed E-state index contributed by atoms with van der Waals surface area (Å²) in [6.45, 7) is 8.86. The molecule has 0 saturated heterocycles. The van der Waals surface area contributed by atoms with Crippen LogP contribution in [0, 0.1) is 5.41 Å². The third-order valence-electron chi connectivity index (χ3n) is 2.92. The van der Waals surface area contributed by atoms with E-state index in [1.807, 2.05) is 19.1 Å². The van der Waals surface area contributed by atoms with Crippen molar-refractivity contribution >= 4 is 0 Å². The predicted octanol–water partition coefficient (Wildman–Crippen LogP) is 3.42. The van der Waals surface area contributed by atoms with Gasteiger partial charge in [0.15, 0.2) is 0 Å². The van der Waals surface area contributed by atoms with E-state index >= 15 is 0 Å². The Morgan fingerprint density at radius 2 is 2.00 bits per heavy atom. The fourth-order valence-corrected chi connectivity index (χ4v) is 1.69. The Kier molecular flexibility index (Phi) is 5.01. The summed E-state index contributed by atoms with van der Waals surface area (Å²) >= 11 is 0. The van der Waals surface area contributed by atoms with Crippen molar-refractivity contribution in [1.29, 1.82) is 0 Å². The van der Waals surface area contributed by atoms with Gasteiger partial charge < -0.3 is 9.84 Å². The molecule has 96 valence electrons. The number of aryl methyl sites for hydroxylation is 1. The number of aliphatic hydroxyl groups is 1. The van der Waals surface area contributed by atoms with Gasteiger partial charge in [-0.1, -0.05) is 32.9 Å². The maximum Gasteiger partial charge on any atom is 0.119 e. The van der Waals surface area contributed by atoms with Gasteiger partial charge in [-0.25, -0.2) is 0 Å². The smallest absolute Gasteiger partial charge is 0.119 e. The average molecular weight is 236 g/mol. The second-order valence-electron chi connectivity index (χ2n) is 5.50. The highest BCUT2D eigenvalue weighted by molar-refractivity contribution is 5.28. The van der Waals surface area contributed by atoms with Crippen LogP contribution in [0.4, 0.5) is 0 Å². The molecule has 0 amide bonds. The Balaban J connectivity index is 2.54. The van der Waals surface area contributed by atoms with Crippen LogP contribution < -0.4 is 4.74 Å². The normalized spacial score (nSPS) is 13.5. The summed E-state index contributed by atoms with van der Waals surface area (Å²) in [6, 6.07) is 8.10. The summed E-state index contributed by atoms with van der Waals surface area (Å²) in [7, 11) is 0. The molecule has 1 unspecified atom stereocenters. The van der Waals surface area contributed by atoms with Gasteiger partial charge in [-0.15, -0.1) is 0 Å². The lowest BCUT2D eigenvalue weighted by atomic mass is 9.86. The maximum absolute atomic E-state index is 9.99. The van der Waals surface area contributed by atoms with E-state index in [1.165, 1.54) is 5.56 Å². The molecule has 0 spiro atoms. The van der Waals surface area contributed by atoms with Crippen molar-refractivity contribution in [1.82, 2.24) is 0 Å². The molecule has 2 heteroatoms.